The van der Waals surface area contributed by atoms with Crippen molar-refractivity contribution < 1.29 is 0 Å². The van der Waals surface area contributed by atoms with E-state index in [0.717, 1.165) is 11.4 Å². The zero-order chi connectivity index (χ0) is 11.1. The zero-order valence-electron chi connectivity index (χ0n) is 9.36. The number of aromatic nitrogens is 2. The Labute approximate surface area is 94.0 Å². The molecule has 0 aliphatic carbocycles. The van der Waals surface area contributed by atoms with Gasteiger partial charge in [-0.25, -0.2) is 0 Å². The first kappa shape index (κ1) is 9.28. The number of rotatable bonds is 0. The first-order valence-electron chi connectivity index (χ1n) is 5.36. The molecule has 0 aliphatic rings. The molecule has 0 bridgehead atoms. The summed E-state index contributed by atoms with van der Waals surface area (Å²) in [4.78, 5) is 8.72. The van der Waals surface area contributed by atoms with Crippen LogP contribution in [0.1, 0.15) is 11.4 Å². The minimum absolute atomic E-state index is 1.06. The molecule has 0 fully saturated rings. The fourth-order valence-electron chi connectivity index (χ4n) is 2.28. The SMILES string of the molecule is Cc1cc2ccc3ccncc3c2c(C)n1. The highest BCUT2D eigenvalue weighted by atomic mass is 14.7. The molecule has 0 saturated heterocycles. The number of hydrogen-bond acceptors (Lipinski definition) is 2. The molecule has 0 aliphatic heterocycles. The molecule has 0 saturated carbocycles. The number of benzene rings is 1. The third-order valence-corrected chi connectivity index (χ3v) is 2.93. The fourth-order valence-corrected chi connectivity index (χ4v) is 2.28. The molecule has 2 nitrogen and oxygen atoms in total. The summed E-state index contributed by atoms with van der Waals surface area (Å²) >= 11 is 0. The van der Waals surface area contributed by atoms with Gasteiger partial charge in [0, 0.05) is 34.6 Å². The van der Waals surface area contributed by atoms with Gasteiger partial charge in [0.1, 0.15) is 0 Å². The predicted molar refractivity (Wildman–Crippen MR) is 66.5 cm³/mol. The van der Waals surface area contributed by atoms with Gasteiger partial charge in [0.2, 0.25) is 0 Å². The molecule has 0 radical (unpaired) electrons. The maximum atomic E-state index is 4.52. The van der Waals surface area contributed by atoms with Crippen LogP contribution < -0.4 is 0 Å². The summed E-state index contributed by atoms with van der Waals surface area (Å²) in [7, 11) is 0. The number of pyridine rings is 2. The highest BCUT2D eigenvalue weighted by Gasteiger charge is 2.04. The molecule has 3 aromatic rings. The Morgan fingerprint density at radius 3 is 2.69 bits per heavy atom. The molecule has 0 N–H and O–H groups in total. The fraction of sp³-hybridized carbons (Fsp3) is 0.143. The highest BCUT2D eigenvalue weighted by Crippen LogP contribution is 2.26. The molecule has 0 amide bonds. The van der Waals surface area contributed by atoms with E-state index in [0.29, 0.717) is 0 Å². The van der Waals surface area contributed by atoms with Gasteiger partial charge in [0.05, 0.1) is 0 Å². The van der Waals surface area contributed by atoms with Crippen LogP contribution in [0.25, 0.3) is 21.5 Å². The van der Waals surface area contributed by atoms with Crippen molar-refractivity contribution in [3.05, 3.63) is 48.0 Å². The van der Waals surface area contributed by atoms with Crippen molar-refractivity contribution in [2.24, 2.45) is 0 Å². The van der Waals surface area contributed by atoms with E-state index >= 15 is 0 Å². The van der Waals surface area contributed by atoms with E-state index in [9.17, 15) is 0 Å². The van der Waals surface area contributed by atoms with E-state index in [1.165, 1.54) is 21.5 Å². The lowest BCUT2D eigenvalue weighted by molar-refractivity contribution is 1.15. The van der Waals surface area contributed by atoms with Crippen LogP contribution >= 0.6 is 0 Å². The van der Waals surface area contributed by atoms with Gasteiger partial charge in [-0.05, 0) is 36.8 Å². The van der Waals surface area contributed by atoms with Crippen LogP contribution in [-0.4, -0.2) is 9.97 Å². The summed E-state index contributed by atoms with van der Waals surface area (Å²) in [5.41, 5.74) is 2.14. The van der Waals surface area contributed by atoms with Gasteiger partial charge >= 0.3 is 0 Å². The predicted octanol–water partition coefficient (Wildman–Crippen LogP) is 3.40. The normalized spacial score (nSPS) is 11.1. The van der Waals surface area contributed by atoms with Crippen molar-refractivity contribution in [1.29, 1.82) is 0 Å². The highest BCUT2D eigenvalue weighted by molar-refractivity contribution is 6.08. The lowest BCUT2D eigenvalue weighted by Crippen LogP contribution is -1.89. The molecule has 3 rings (SSSR count). The van der Waals surface area contributed by atoms with Crippen molar-refractivity contribution in [2.45, 2.75) is 13.8 Å². The average molecular weight is 208 g/mol. The number of fused-ring (bicyclic) bond motifs is 3. The Balaban J connectivity index is 2.60. The number of hydrogen-bond donors (Lipinski definition) is 0. The molecule has 0 unspecified atom stereocenters. The van der Waals surface area contributed by atoms with Crippen LogP contribution in [0.4, 0.5) is 0 Å². The third kappa shape index (κ3) is 1.27. The van der Waals surface area contributed by atoms with Crippen LogP contribution in [0, 0.1) is 13.8 Å². The minimum Gasteiger partial charge on any atom is -0.264 e. The lowest BCUT2D eigenvalue weighted by Gasteiger charge is -2.06. The first-order valence-corrected chi connectivity index (χ1v) is 5.36. The van der Waals surface area contributed by atoms with E-state index in [1.54, 1.807) is 0 Å². The minimum atomic E-state index is 1.06. The molecule has 2 heteroatoms. The van der Waals surface area contributed by atoms with E-state index in [4.69, 9.17) is 0 Å². The summed E-state index contributed by atoms with van der Waals surface area (Å²) in [6.45, 7) is 4.08. The Bertz CT molecular complexity index is 687. The van der Waals surface area contributed by atoms with Crippen LogP contribution in [-0.2, 0) is 0 Å². The Kier molecular flexibility index (Phi) is 1.90. The Morgan fingerprint density at radius 1 is 1.00 bits per heavy atom. The molecular formula is C14H12N2. The van der Waals surface area contributed by atoms with Crippen molar-refractivity contribution in [1.82, 2.24) is 9.97 Å². The molecule has 1 aromatic carbocycles. The van der Waals surface area contributed by atoms with E-state index < -0.39 is 0 Å². The van der Waals surface area contributed by atoms with Crippen LogP contribution in [0.5, 0.6) is 0 Å². The summed E-state index contributed by atoms with van der Waals surface area (Å²) in [5.74, 6) is 0. The zero-order valence-corrected chi connectivity index (χ0v) is 9.36. The van der Waals surface area contributed by atoms with Crippen molar-refractivity contribution in [3.8, 4) is 0 Å². The van der Waals surface area contributed by atoms with Crippen LogP contribution in [0.2, 0.25) is 0 Å². The van der Waals surface area contributed by atoms with Crippen LogP contribution in [0.15, 0.2) is 36.7 Å². The van der Waals surface area contributed by atoms with Crippen molar-refractivity contribution >= 4 is 21.5 Å². The van der Waals surface area contributed by atoms with E-state index in [2.05, 4.69) is 35.1 Å². The lowest BCUT2D eigenvalue weighted by atomic mass is 10.0. The van der Waals surface area contributed by atoms with Gasteiger partial charge in [-0.1, -0.05) is 12.1 Å². The van der Waals surface area contributed by atoms with E-state index in [1.807, 2.05) is 25.4 Å². The molecule has 0 atom stereocenters. The molecule has 78 valence electrons. The summed E-state index contributed by atoms with van der Waals surface area (Å²) in [6.07, 6.45) is 3.74. The smallest absolute Gasteiger partial charge is 0.0460 e. The van der Waals surface area contributed by atoms with Gasteiger partial charge in [-0.3, -0.25) is 9.97 Å². The van der Waals surface area contributed by atoms with Crippen molar-refractivity contribution in [2.75, 3.05) is 0 Å². The van der Waals surface area contributed by atoms with Crippen LogP contribution in [0.3, 0.4) is 0 Å². The number of nitrogens with zero attached hydrogens (tertiary/aromatic N) is 2. The summed E-state index contributed by atoms with van der Waals surface area (Å²) < 4.78 is 0. The maximum Gasteiger partial charge on any atom is 0.0460 e. The second-order valence-corrected chi connectivity index (χ2v) is 4.11. The van der Waals surface area contributed by atoms with Gasteiger partial charge in [0.15, 0.2) is 0 Å². The van der Waals surface area contributed by atoms with Gasteiger partial charge in [0.25, 0.3) is 0 Å². The maximum absolute atomic E-state index is 4.52. The summed E-state index contributed by atoms with van der Waals surface area (Å²) in [6, 6.07) is 8.44. The molecule has 2 heterocycles. The third-order valence-electron chi connectivity index (χ3n) is 2.93. The second-order valence-electron chi connectivity index (χ2n) is 4.11. The topological polar surface area (TPSA) is 25.8 Å². The first-order chi connectivity index (χ1) is 7.75. The molecular weight excluding hydrogens is 196 g/mol. The van der Waals surface area contributed by atoms with Gasteiger partial charge < -0.3 is 0 Å². The average Bonchev–Trinajstić information content (AvgIpc) is 2.28. The monoisotopic (exact) mass is 208 g/mol. The number of aryl methyl sites for hydroxylation is 2. The quantitative estimate of drug-likeness (QED) is 0.529. The standard InChI is InChI=1S/C14H12N2/c1-9-7-12-4-3-11-5-6-15-8-13(11)14(12)10(2)16-9/h3-8H,1-2H3. The molecule has 16 heavy (non-hydrogen) atoms. The molecule has 0 spiro atoms. The van der Waals surface area contributed by atoms with E-state index in [-0.39, 0.29) is 0 Å². The summed E-state index contributed by atoms with van der Waals surface area (Å²) in [5, 5.41) is 4.86. The second kappa shape index (κ2) is 3.27. The van der Waals surface area contributed by atoms with Gasteiger partial charge in [-0.2, -0.15) is 0 Å². The van der Waals surface area contributed by atoms with Gasteiger partial charge in [-0.15, -0.1) is 0 Å². The van der Waals surface area contributed by atoms with Crippen molar-refractivity contribution in [3.63, 3.8) is 0 Å². The molecule has 2 aromatic heterocycles. The largest absolute Gasteiger partial charge is 0.264 e. The Hall–Kier alpha value is -1.96. The Morgan fingerprint density at radius 2 is 1.81 bits per heavy atom.